The summed E-state index contributed by atoms with van der Waals surface area (Å²) in [7, 11) is 0. The van der Waals surface area contributed by atoms with Crippen LogP contribution in [0.4, 0.5) is 5.69 Å². The lowest BCUT2D eigenvalue weighted by Gasteiger charge is -2.46. The molecule has 1 fully saturated rings. The SMILES string of the molecule is CCCc1onc(C)c1C(=O)N1CC[C@@]2(C1)c1cccn1-c1ncccc1N2CC(=O)NC(C)C. The number of hydrogen-bond acceptors (Lipinski definition) is 6. The Hall–Kier alpha value is -3.62. The molecular formula is C26H32N6O3. The van der Waals surface area contributed by atoms with E-state index in [-0.39, 0.29) is 24.4 Å². The van der Waals surface area contributed by atoms with Crippen LogP contribution in [0.3, 0.4) is 0 Å². The molecule has 2 amide bonds. The van der Waals surface area contributed by atoms with E-state index in [9.17, 15) is 9.59 Å². The number of pyridine rings is 1. The summed E-state index contributed by atoms with van der Waals surface area (Å²) in [6.07, 6.45) is 6.00. The molecule has 3 aromatic heterocycles. The predicted molar refractivity (Wildman–Crippen MR) is 132 cm³/mol. The summed E-state index contributed by atoms with van der Waals surface area (Å²) in [5.41, 5.74) is 2.55. The minimum absolute atomic E-state index is 0.0377. The van der Waals surface area contributed by atoms with Gasteiger partial charge >= 0.3 is 0 Å². The van der Waals surface area contributed by atoms with Crippen molar-refractivity contribution in [3.63, 3.8) is 0 Å². The molecule has 1 saturated heterocycles. The molecule has 1 spiro atoms. The normalized spacial score (nSPS) is 18.8. The van der Waals surface area contributed by atoms with Gasteiger partial charge in [-0.3, -0.25) is 9.59 Å². The summed E-state index contributed by atoms with van der Waals surface area (Å²) in [4.78, 5) is 35.4. The molecule has 2 aliphatic heterocycles. The first kappa shape index (κ1) is 23.1. The van der Waals surface area contributed by atoms with Crippen molar-refractivity contribution in [3.05, 3.63) is 59.4 Å². The topological polar surface area (TPSA) is 96.5 Å². The first-order valence-electron chi connectivity index (χ1n) is 12.3. The van der Waals surface area contributed by atoms with Gasteiger partial charge in [-0.25, -0.2) is 4.98 Å². The van der Waals surface area contributed by atoms with E-state index in [0.717, 1.165) is 23.6 Å². The van der Waals surface area contributed by atoms with Gasteiger partial charge in [-0.15, -0.1) is 0 Å². The van der Waals surface area contributed by atoms with Crippen molar-refractivity contribution in [2.75, 3.05) is 24.5 Å². The number of aryl methyl sites for hydroxylation is 2. The number of amides is 2. The lowest BCUT2D eigenvalue weighted by Crippen LogP contribution is -2.56. The Morgan fingerprint density at radius 3 is 2.86 bits per heavy atom. The van der Waals surface area contributed by atoms with Gasteiger partial charge in [0.15, 0.2) is 5.82 Å². The Balaban J connectivity index is 1.55. The number of nitrogens with zero attached hydrogens (tertiary/aromatic N) is 5. The van der Waals surface area contributed by atoms with E-state index in [2.05, 4.69) is 37.9 Å². The highest BCUT2D eigenvalue weighted by atomic mass is 16.5. The number of anilines is 1. The molecule has 2 aliphatic rings. The van der Waals surface area contributed by atoms with Crippen LogP contribution < -0.4 is 10.2 Å². The van der Waals surface area contributed by atoms with Crippen LogP contribution >= 0.6 is 0 Å². The number of hydrogen-bond donors (Lipinski definition) is 1. The van der Waals surface area contributed by atoms with Gasteiger partial charge in [0.25, 0.3) is 5.91 Å². The third-order valence-corrected chi connectivity index (χ3v) is 6.94. The van der Waals surface area contributed by atoms with E-state index in [1.54, 1.807) is 6.20 Å². The summed E-state index contributed by atoms with van der Waals surface area (Å²) in [5, 5.41) is 7.09. The number of rotatable bonds is 6. The summed E-state index contributed by atoms with van der Waals surface area (Å²) in [5.74, 6) is 1.32. The van der Waals surface area contributed by atoms with Gasteiger partial charge in [-0.2, -0.15) is 0 Å². The van der Waals surface area contributed by atoms with Crippen LogP contribution in [0.5, 0.6) is 0 Å². The van der Waals surface area contributed by atoms with E-state index >= 15 is 0 Å². The third kappa shape index (κ3) is 3.79. The molecule has 35 heavy (non-hydrogen) atoms. The molecule has 1 N–H and O–H groups in total. The van der Waals surface area contributed by atoms with Gasteiger partial charge in [-0.05, 0) is 57.9 Å². The van der Waals surface area contributed by atoms with Crippen molar-refractivity contribution in [3.8, 4) is 5.82 Å². The molecule has 1 atom stereocenters. The van der Waals surface area contributed by atoms with Crippen molar-refractivity contribution in [1.82, 2.24) is 24.9 Å². The van der Waals surface area contributed by atoms with Crippen LogP contribution in [0.1, 0.15) is 61.1 Å². The molecule has 0 aromatic carbocycles. The fraction of sp³-hybridized carbons (Fsp3) is 0.462. The molecule has 184 valence electrons. The van der Waals surface area contributed by atoms with Gasteiger partial charge in [0.2, 0.25) is 5.91 Å². The Morgan fingerprint density at radius 1 is 1.26 bits per heavy atom. The zero-order valence-electron chi connectivity index (χ0n) is 20.7. The molecule has 5 rings (SSSR count). The largest absolute Gasteiger partial charge is 0.360 e. The van der Waals surface area contributed by atoms with E-state index in [1.807, 2.05) is 50.1 Å². The number of carbonyl (C=O) groups excluding carboxylic acids is 2. The van der Waals surface area contributed by atoms with Crippen molar-refractivity contribution < 1.29 is 14.1 Å². The first-order valence-corrected chi connectivity index (χ1v) is 12.3. The Bertz CT molecular complexity index is 1260. The maximum absolute atomic E-state index is 13.7. The average molecular weight is 477 g/mol. The van der Waals surface area contributed by atoms with Crippen LogP contribution in [-0.4, -0.2) is 57.1 Å². The first-order chi connectivity index (χ1) is 16.9. The number of likely N-dealkylation sites (tertiary alicyclic amines) is 1. The number of carbonyl (C=O) groups is 2. The average Bonchev–Trinajstić information content (AvgIpc) is 3.56. The molecule has 3 aromatic rings. The van der Waals surface area contributed by atoms with Gasteiger partial charge < -0.3 is 24.2 Å². The molecule has 9 nitrogen and oxygen atoms in total. The maximum atomic E-state index is 13.7. The summed E-state index contributed by atoms with van der Waals surface area (Å²) in [6.45, 7) is 8.98. The van der Waals surface area contributed by atoms with Gasteiger partial charge in [0.1, 0.15) is 16.9 Å². The molecule has 0 unspecified atom stereocenters. The van der Waals surface area contributed by atoms with Crippen LogP contribution in [0, 0.1) is 6.92 Å². The smallest absolute Gasteiger partial charge is 0.259 e. The standard InChI is InChI=1S/C26H32N6O3/c1-5-8-20-23(18(4)29-35-20)25(34)30-14-11-26(16-30)21-10-7-13-31(21)24-19(9-6-12-27-24)32(26)15-22(33)28-17(2)3/h6-7,9-10,12-13,17H,5,8,11,14-16H2,1-4H3,(H,28,33)/t26-/m1/s1. The van der Waals surface area contributed by atoms with E-state index in [0.29, 0.717) is 42.9 Å². The molecule has 9 heteroatoms. The fourth-order valence-corrected chi connectivity index (χ4v) is 5.49. The lowest BCUT2D eigenvalue weighted by molar-refractivity contribution is -0.120. The highest BCUT2D eigenvalue weighted by molar-refractivity contribution is 5.96. The van der Waals surface area contributed by atoms with Crippen LogP contribution in [0.25, 0.3) is 5.82 Å². The monoisotopic (exact) mass is 476 g/mol. The minimum atomic E-state index is -0.556. The zero-order chi connectivity index (χ0) is 24.7. The summed E-state index contributed by atoms with van der Waals surface area (Å²) < 4.78 is 7.57. The second kappa shape index (κ2) is 8.87. The van der Waals surface area contributed by atoms with E-state index in [1.165, 1.54) is 0 Å². The molecular weight excluding hydrogens is 444 g/mol. The Kier molecular flexibility index (Phi) is 5.86. The number of aromatic nitrogens is 3. The molecule has 5 heterocycles. The molecule has 0 aliphatic carbocycles. The van der Waals surface area contributed by atoms with Crippen LogP contribution in [0.15, 0.2) is 41.2 Å². The molecule has 0 bridgehead atoms. The second-order valence-electron chi connectivity index (χ2n) is 9.74. The van der Waals surface area contributed by atoms with Gasteiger partial charge in [0, 0.05) is 37.9 Å². The number of fused-ring (bicyclic) bond motifs is 4. The zero-order valence-corrected chi connectivity index (χ0v) is 20.7. The second-order valence-corrected chi connectivity index (χ2v) is 9.74. The van der Waals surface area contributed by atoms with E-state index < -0.39 is 5.54 Å². The quantitative estimate of drug-likeness (QED) is 0.587. The van der Waals surface area contributed by atoms with Gasteiger partial charge in [0.05, 0.1) is 23.6 Å². The van der Waals surface area contributed by atoms with Crippen LogP contribution in [0.2, 0.25) is 0 Å². The van der Waals surface area contributed by atoms with Crippen molar-refractivity contribution in [2.45, 2.75) is 58.5 Å². The lowest BCUT2D eigenvalue weighted by atomic mass is 9.88. The van der Waals surface area contributed by atoms with Crippen LogP contribution in [-0.2, 0) is 16.8 Å². The maximum Gasteiger partial charge on any atom is 0.259 e. The highest BCUT2D eigenvalue weighted by Gasteiger charge is 2.51. The summed E-state index contributed by atoms with van der Waals surface area (Å²) in [6, 6.07) is 8.01. The van der Waals surface area contributed by atoms with Crippen molar-refractivity contribution in [1.29, 1.82) is 0 Å². The van der Waals surface area contributed by atoms with Crippen molar-refractivity contribution >= 4 is 17.5 Å². The predicted octanol–water partition coefficient (Wildman–Crippen LogP) is 3.21. The Labute approximate surface area is 205 Å². The highest BCUT2D eigenvalue weighted by Crippen LogP contribution is 2.47. The van der Waals surface area contributed by atoms with Gasteiger partial charge in [-0.1, -0.05) is 12.1 Å². The summed E-state index contributed by atoms with van der Waals surface area (Å²) >= 11 is 0. The van der Waals surface area contributed by atoms with Crippen molar-refractivity contribution in [2.24, 2.45) is 0 Å². The number of nitrogens with one attached hydrogen (secondary N) is 1. The molecule has 0 saturated carbocycles. The fourth-order valence-electron chi connectivity index (χ4n) is 5.49. The molecule has 0 radical (unpaired) electrons. The minimum Gasteiger partial charge on any atom is -0.360 e. The van der Waals surface area contributed by atoms with E-state index in [4.69, 9.17) is 4.52 Å². The Morgan fingerprint density at radius 2 is 2.09 bits per heavy atom. The third-order valence-electron chi connectivity index (χ3n) is 6.94.